The van der Waals surface area contributed by atoms with E-state index >= 15 is 0 Å². The molecule has 0 bridgehead atoms. The van der Waals surface area contributed by atoms with Crippen molar-refractivity contribution in [2.24, 2.45) is 5.73 Å². The Hall–Kier alpha value is -2.82. The normalized spacial score (nSPS) is 11.5. The van der Waals surface area contributed by atoms with Gasteiger partial charge >= 0.3 is 0 Å². The minimum absolute atomic E-state index is 0.248. The van der Waals surface area contributed by atoms with Gasteiger partial charge in [-0.1, -0.05) is 24.3 Å². The van der Waals surface area contributed by atoms with Crippen LogP contribution in [0.25, 0.3) is 0 Å². The first-order valence-corrected chi connectivity index (χ1v) is 6.90. The molecule has 0 saturated heterocycles. The van der Waals surface area contributed by atoms with E-state index in [1.54, 1.807) is 37.3 Å². The monoisotopic (exact) mass is 298 g/mol. The van der Waals surface area contributed by atoms with Gasteiger partial charge in [-0.3, -0.25) is 9.59 Å². The first-order valence-electron chi connectivity index (χ1n) is 6.90. The molecule has 2 aromatic carbocycles. The number of para-hydroxylation sites is 1. The van der Waals surface area contributed by atoms with Gasteiger partial charge in [-0.05, 0) is 43.7 Å². The van der Waals surface area contributed by atoms with Crippen LogP contribution in [-0.4, -0.2) is 17.9 Å². The zero-order chi connectivity index (χ0) is 16.1. The summed E-state index contributed by atoms with van der Waals surface area (Å²) in [5.74, 6) is -0.603. The van der Waals surface area contributed by atoms with Crippen molar-refractivity contribution in [3.63, 3.8) is 0 Å². The van der Waals surface area contributed by atoms with Crippen molar-refractivity contribution in [2.45, 2.75) is 20.0 Å². The SMILES string of the molecule is Cc1cccc(NC(=O)[C@H](C)Oc2ccccc2C(N)=O)c1. The molecule has 0 aliphatic heterocycles. The van der Waals surface area contributed by atoms with E-state index in [9.17, 15) is 9.59 Å². The molecule has 3 N–H and O–H groups in total. The Labute approximate surface area is 129 Å². The number of ether oxygens (including phenoxy) is 1. The highest BCUT2D eigenvalue weighted by molar-refractivity contribution is 5.96. The van der Waals surface area contributed by atoms with E-state index in [0.717, 1.165) is 5.56 Å². The molecule has 0 heterocycles. The van der Waals surface area contributed by atoms with Crippen molar-refractivity contribution < 1.29 is 14.3 Å². The van der Waals surface area contributed by atoms with Crippen molar-refractivity contribution >= 4 is 17.5 Å². The molecule has 0 fully saturated rings. The lowest BCUT2D eigenvalue weighted by Crippen LogP contribution is -2.30. The number of primary amides is 1. The zero-order valence-corrected chi connectivity index (χ0v) is 12.5. The van der Waals surface area contributed by atoms with E-state index in [-0.39, 0.29) is 11.5 Å². The molecule has 0 saturated carbocycles. The maximum atomic E-state index is 12.2. The Morgan fingerprint density at radius 3 is 2.55 bits per heavy atom. The Morgan fingerprint density at radius 1 is 1.14 bits per heavy atom. The van der Waals surface area contributed by atoms with Gasteiger partial charge in [0.15, 0.2) is 6.10 Å². The number of benzene rings is 2. The van der Waals surface area contributed by atoms with Gasteiger partial charge in [-0.15, -0.1) is 0 Å². The van der Waals surface area contributed by atoms with Crippen LogP contribution >= 0.6 is 0 Å². The second kappa shape index (κ2) is 6.76. The molecule has 5 heteroatoms. The van der Waals surface area contributed by atoms with E-state index in [4.69, 9.17) is 10.5 Å². The lowest BCUT2D eigenvalue weighted by Gasteiger charge is -2.16. The van der Waals surface area contributed by atoms with Crippen LogP contribution in [-0.2, 0) is 4.79 Å². The van der Waals surface area contributed by atoms with Gasteiger partial charge in [0.2, 0.25) is 0 Å². The summed E-state index contributed by atoms with van der Waals surface area (Å²) in [5.41, 5.74) is 7.28. The van der Waals surface area contributed by atoms with Crippen LogP contribution in [0.1, 0.15) is 22.8 Å². The molecular weight excluding hydrogens is 280 g/mol. The summed E-state index contributed by atoms with van der Waals surface area (Å²) in [6, 6.07) is 14.0. The Bertz CT molecular complexity index is 698. The van der Waals surface area contributed by atoms with Crippen molar-refractivity contribution in [1.29, 1.82) is 0 Å². The number of aryl methyl sites for hydroxylation is 1. The predicted octanol–water partition coefficient (Wildman–Crippen LogP) is 2.50. The summed E-state index contributed by atoms with van der Waals surface area (Å²) in [6.07, 6.45) is -0.763. The highest BCUT2D eigenvalue weighted by Crippen LogP contribution is 2.19. The number of amides is 2. The van der Waals surface area contributed by atoms with E-state index in [0.29, 0.717) is 11.4 Å². The fourth-order valence-corrected chi connectivity index (χ4v) is 1.98. The van der Waals surface area contributed by atoms with Crippen molar-refractivity contribution in [3.05, 3.63) is 59.7 Å². The van der Waals surface area contributed by atoms with Gasteiger partial charge in [0.25, 0.3) is 11.8 Å². The summed E-state index contributed by atoms with van der Waals surface area (Å²) in [7, 11) is 0. The Balaban J connectivity index is 2.07. The molecule has 0 aliphatic carbocycles. The molecular formula is C17H18N2O3. The van der Waals surface area contributed by atoms with Gasteiger partial charge < -0.3 is 15.8 Å². The second-order valence-electron chi connectivity index (χ2n) is 4.98. The molecule has 114 valence electrons. The number of carbonyl (C=O) groups excluding carboxylic acids is 2. The zero-order valence-electron chi connectivity index (χ0n) is 12.5. The maximum Gasteiger partial charge on any atom is 0.265 e. The molecule has 2 amide bonds. The van der Waals surface area contributed by atoms with Gasteiger partial charge in [0, 0.05) is 5.69 Å². The van der Waals surface area contributed by atoms with Crippen LogP contribution in [0.5, 0.6) is 5.75 Å². The minimum atomic E-state index is -0.763. The summed E-state index contributed by atoms with van der Waals surface area (Å²) < 4.78 is 5.56. The highest BCUT2D eigenvalue weighted by atomic mass is 16.5. The van der Waals surface area contributed by atoms with E-state index in [1.165, 1.54) is 0 Å². The molecule has 2 rings (SSSR count). The average Bonchev–Trinajstić information content (AvgIpc) is 2.47. The largest absolute Gasteiger partial charge is 0.480 e. The van der Waals surface area contributed by atoms with Crippen molar-refractivity contribution in [3.8, 4) is 5.75 Å². The van der Waals surface area contributed by atoms with Crippen LogP contribution in [0.3, 0.4) is 0 Å². The van der Waals surface area contributed by atoms with Crippen LogP contribution in [0.4, 0.5) is 5.69 Å². The molecule has 2 aromatic rings. The molecule has 0 unspecified atom stereocenters. The molecule has 5 nitrogen and oxygen atoms in total. The third-order valence-corrected chi connectivity index (χ3v) is 3.11. The van der Waals surface area contributed by atoms with Crippen LogP contribution < -0.4 is 15.8 Å². The minimum Gasteiger partial charge on any atom is -0.480 e. The van der Waals surface area contributed by atoms with Gasteiger partial charge in [0.1, 0.15) is 5.75 Å². The number of anilines is 1. The Kier molecular flexibility index (Phi) is 4.78. The Morgan fingerprint density at radius 2 is 1.86 bits per heavy atom. The molecule has 22 heavy (non-hydrogen) atoms. The second-order valence-corrected chi connectivity index (χ2v) is 4.98. The van der Waals surface area contributed by atoms with E-state index < -0.39 is 12.0 Å². The molecule has 0 radical (unpaired) electrons. The number of nitrogens with two attached hydrogens (primary N) is 1. The number of nitrogens with one attached hydrogen (secondary N) is 1. The number of rotatable bonds is 5. The lowest BCUT2D eigenvalue weighted by atomic mass is 10.2. The first-order chi connectivity index (χ1) is 10.5. The fourth-order valence-electron chi connectivity index (χ4n) is 1.98. The maximum absolute atomic E-state index is 12.2. The summed E-state index contributed by atoms with van der Waals surface area (Å²) >= 11 is 0. The quantitative estimate of drug-likeness (QED) is 0.889. The van der Waals surface area contributed by atoms with E-state index in [2.05, 4.69) is 5.32 Å². The average molecular weight is 298 g/mol. The summed E-state index contributed by atoms with van der Waals surface area (Å²) in [5, 5.41) is 2.77. The standard InChI is InChI=1S/C17H18N2O3/c1-11-6-5-7-13(10-11)19-17(21)12(2)22-15-9-4-3-8-14(15)16(18)20/h3-10,12H,1-2H3,(H2,18,20)(H,19,21)/t12-/m0/s1. The van der Waals surface area contributed by atoms with Gasteiger partial charge in [0.05, 0.1) is 5.56 Å². The lowest BCUT2D eigenvalue weighted by molar-refractivity contribution is -0.122. The summed E-state index contributed by atoms with van der Waals surface area (Å²) in [6.45, 7) is 3.56. The van der Waals surface area contributed by atoms with Crippen molar-refractivity contribution in [1.82, 2.24) is 0 Å². The predicted molar refractivity (Wildman–Crippen MR) is 84.9 cm³/mol. The van der Waals surface area contributed by atoms with Gasteiger partial charge in [-0.25, -0.2) is 0 Å². The fraction of sp³-hybridized carbons (Fsp3) is 0.176. The smallest absolute Gasteiger partial charge is 0.265 e. The highest BCUT2D eigenvalue weighted by Gasteiger charge is 2.18. The number of carbonyl (C=O) groups is 2. The van der Waals surface area contributed by atoms with Crippen molar-refractivity contribution in [2.75, 3.05) is 5.32 Å². The number of hydrogen-bond donors (Lipinski definition) is 2. The first kappa shape index (κ1) is 15.6. The molecule has 1 atom stereocenters. The van der Waals surface area contributed by atoms with Crippen LogP contribution in [0.15, 0.2) is 48.5 Å². The molecule has 0 aromatic heterocycles. The van der Waals surface area contributed by atoms with E-state index in [1.807, 2.05) is 25.1 Å². The third-order valence-electron chi connectivity index (χ3n) is 3.11. The topological polar surface area (TPSA) is 81.4 Å². The van der Waals surface area contributed by atoms with Crippen LogP contribution in [0, 0.1) is 6.92 Å². The summed E-state index contributed by atoms with van der Waals surface area (Å²) in [4.78, 5) is 23.5. The molecule has 0 aliphatic rings. The third kappa shape index (κ3) is 3.85. The van der Waals surface area contributed by atoms with Gasteiger partial charge in [-0.2, -0.15) is 0 Å². The number of hydrogen-bond acceptors (Lipinski definition) is 3. The molecule has 0 spiro atoms. The van der Waals surface area contributed by atoms with Crippen LogP contribution in [0.2, 0.25) is 0 Å².